The molecule has 0 aliphatic heterocycles. The highest BCUT2D eigenvalue weighted by Gasteiger charge is 2.22. The van der Waals surface area contributed by atoms with Crippen LogP contribution in [0.4, 0.5) is 16.0 Å². The third kappa shape index (κ3) is 4.32. The molecule has 170 valence electrons. The third-order valence-corrected chi connectivity index (χ3v) is 5.57. The number of rotatable bonds is 8. The average molecular weight is 440 g/mol. The molecule has 32 heavy (non-hydrogen) atoms. The topological polar surface area (TPSA) is 103 Å². The number of benzene rings is 1. The first-order valence-electron chi connectivity index (χ1n) is 10.7. The number of nitrogens with two attached hydrogens (primary N) is 1. The Balaban J connectivity index is 0.00000144. The van der Waals surface area contributed by atoms with Crippen molar-refractivity contribution in [3.05, 3.63) is 60.2 Å². The number of hydrogen-bond donors (Lipinski definition) is 2. The van der Waals surface area contributed by atoms with E-state index < -0.39 is 0 Å². The molecule has 1 aliphatic carbocycles. The summed E-state index contributed by atoms with van der Waals surface area (Å²) >= 11 is 0. The molecule has 3 heterocycles. The molecule has 8 nitrogen and oxygen atoms in total. The summed E-state index contributed by atoms with van der Waals surface area (Å²) in [6.07, 6.45) is 6.98. The van der Waals surface area contributed by atoms with Gasteiger partial charge in [-0.15, -0.1) is 5.10 Å². The quantitative estimate of drug-likeness (QED) is 0.398. The van der Waals surface area contributed by atoms with E-state index in [-0.39, 0.29) is 22.1 Å². The van der Waals surface area contributed by atoms with Crippen LogP contribution in [-0.4, -0.2) is 31.2 Å². The van der Waals surface area contributed by atoms with E-state index in [4.69, 9.17) is 10.5 Å². The zero-order chi connectivity index (χ0) is 22.1. The Morgan fingerprint density at radius 2 is 2.09 bits per heavy atom. The van der Waals surface area contributed by atoms with Gasteiger partial charge in [-0.25, -0.2) is 13.9 Å². The van der Waals surface area contributed by atoms with Crippen LogP contribution in [0.15, 0.2) is 48.8 Å². The molecule has 4 aromatic rings. The Kier molecular flexibility index (Phi) is 5.30. The molecule has 0 saturated heterocycles. The summed E-state index contributed by atoms with van der Waals surface area (Å²) in [7, 11) is 0. The molecule has 0 radical (unpaired) electrons. The van der Waals surface area contributed by atoms with E-state index in [1.807, 2.05) is 6.92 Å². The van der Waals surface area contributed by atoms with Crippen LogP contribution in [0, 0.1) is 11.7 Å². The van der Waals surface area contributed by atoms with Gasteiger partial charge in [0.15, 0.2) is 11.5 Å². The number of nitrogens with one attached hydrogen (secondary N) is 1. The summed E-state index contributed by atoms with van der Waals surface area (Å²) in [4.78, 5) is 13.6. The highest BCUT2D eigenvalue weighted by molar-refractivity contribution is 5.85. The van der Waals surface area contributed by atoms with E-state index in [1.165, 1.54) is 25.0 Å². The van der Waals surface area contributed by atoms with Crippen LogP contribution in [0.3, 0.4) is 0 Å². The fourth-order valence-electron chi connectivity index (χ4n) is 3.62. The lowest BCUT2D eigenvalue weighted by Gasteiger charge is -2.16. The van der Waals surface area contributed by atoms with Crippen molar-refractivity contribution >= 4 is 17.3 Å². The molecule has 1 aromatic carbocycles. The van der Waals surface area contributed by atoms with Crippen LogP contribution >= 0.6 is 0 Å². The molecule has 1 aliphatic rings. The molecular formula is C23H30FN7O. The highest BCUT2D eigenvalue weighted by Crippen LogP contribution is 2.33. The highest BCUT2D eigenvalue weighted by atomic mass is 19.1. The molecule has 3 N–H and O–H groups in total. The van der Waals surface area contributed by atoms with Crippen molar-refractivity contribution in [3.8, 4) is 17.3 Å². The van der Waals surface area contributed by atoms with Gasteiger partial charge < -0.3 is 15.8 Å². The van der Waals surface area contributed by atoms with Gasteiger partial charge in [-0.2, -0.15) is 9.97 Å². The van der Waals surface area contributed by atoms with E-state index in [1.54, 1.807) is 41.2 Å². The largest absolute Gasteiger partial charge is 0.463 e. The smallest absolute Gasteiger partial charge is 0.318 e. The normalized spacial score (nSPS) is 14.4. The lowest BCUT2D eigenvalue weighted by atomic mass is 10.1. The minimum absolute atomic E-state index is 0. The lowest BCUT2D eigenvalue weighted by molar-refractivity contribution is 0.280. The van der Waals surface area contributed by atoms with E-state index in [0.29, 0.717) is 35.1 Å². The monoisotopic (exact) mass is 439 g/mol. The molecule has 1 fully saturated rings. The maximum atomic E-state index is 13.3. The summed E-state index contributed by atoms with van der Waals surface area (Å²) < 4.78 is 20.8. The Bertz CT molecular complexity index is 1250. The fraction of sp³-hybridized carbons (Fsp3) is 0.304. The number of nitrogens with zero attached hydrogens (tertiary/aromatic N) is 5. The van der Waals surface area contributed by atoms with E-state index in [9.17, 15) is 4.39 Å². The third-order valence-electron chi connectivity index (χ3n) is 5.57. The second-order valence-corrected chi connectivity index (χ2v) is 8.07. The van der Waals surface area contributed by atoms with Gasteiger partial charge >= 0.3 is 6.01 Å². The van der Waals surface area contributed by atoms with Crippen LogP contribution in [0.1, 0.15) is 42.1 Å². The van der Waals surface area contributed by atoms with Crippen LogP contribution in [0.5, 0.6) is 6.01 Å². The van der Waals surface area contributed by atoms with Crippen molar-refractivity contribution in [2.45, 2.75) is 32.2 Å². The number of aromatic nitrogens is 5. The molecule has 0 spiro atoms. The molecule has 9 heteroatoms. The van der Waals surface area contributed by atoms with Crippen LogP contribution in [0.25, 0.3) is 16.9 Å². The van der Waals surface area contributed by atoms with Gasteiger partial charge in [0.2, 0.25) is 0 Å². The van der Waals surface area contributed by atoms with Crippen molar-refractivity contribution in [2.75, 3.05) is 17.7 Å². The minimum atomic E-state index is -0.271. The zero-order valence-electron chi connectivity index (χ0n) is 17.7. The zero-order valence-corrected chi connectivity index (χ0v) is 17.7. The maximum absolute atomic E-state index is 13.3. The Hall–Kier alpha value is -3.75. The van der Waals surface area contributed by atoms with Gasteiger partial charge in [0.05, 0.1) is 17.9 Å². The number of fused-ring (bicyclic) bond motifs is 1. The van der Waals surface area contributed by atoms with Crippen molar-refractivity contribution in [3.63, 3.8) is 0 Å². The molecule has 1 saturated carbocycles. The summed E-state index contributed by atoms with van der Waals surface area (Å²) in [6, 6.07) is 10.1. The summed E-state index contributed by atoms with van der Waals surface area (Å²) in [6.45, 7) is 2.54. The minimum Gasteiger partial charge on any atom is -0.463 e. The van der Waals surface area contributed by atoms with Gasteiger partial charge in [0.1, 0.15) is 11.6 Å². The Morgan fingerprint density at radius 3 is 2.88 bits per heavy atom. The molecule has 5 rings (SSSR count). The van der Waals surface area contributed by atoms with Gasteiger partial charge in [-0.05, 0) is 43.0 Å². The molecule has 0 amide bonds. The van der Waals surface area contributed by atoms with E-state index in [0.717, 1.165) is 17.9 Å². The second kappa shape index (κ2) is 8.41. The molecule has 0 unspecified atom stereocenters. The second-order valence-electron chi connectivity index (χ2n) is 8.07. The number of anilines is 2. The van der Waals surface area contributed by atoms with Crippen molar-refractivity contribution in [1.82, 2.24) is 24.6 Å². The van der Waals surface area contributed by atoms with Crippen LogP contribution in [0.2, 0.25) is 0 Å². The molecule has 0 bridgehead atoms. The molecule has 3 aromatic heterocycles. The standard InChI is InChI=1S/C23H24FN7O.3H2/c1-14(16-5-7-17(24)8-6-16)27-19-13-18(28-23(29-19)32-12-9-15-3-4-15)20-21(25)30-31-11-2-10-26-22(20)31;;;/h2,5-8,10-11,13-15H,3-4,9,12H2,1H3,(H2,25,30)(H,27,28,29);3*1H/t14-;;;/m0.../s1. The van der Waals surface area contributed by atoms with E-state index in [2.05, 4.69) is 25.4 Å². The van der Waals surface area contributed by atoms with Gasteiger partial charge in [-0.3, -0.25) is 0 Å². The maximum Gasteiger partial charge on any atom is 0.318 e. The predicted molar refractivity (Wildman–Crippen MR) is 126 cm³/mol. The van der Waals surface area contributed by atoms with Gasteiger partial charge in [0.25, 0.3) is 0 Å². The molecular weight excluding hydrogens is 409 g/mol. The lowest BCUT2D eigenvalue weighted by Crippen LogP contribution is -2.10. The first kappa shape index (κ1) is 20.2. The number of hydrogen-bond acceptors (Lipinski definition) is 7. The van der Waals surface area contributed by atoms with Crippen LogP contribution < -0.4 is 15.8 Å². The first-order valence-corrected chi connectivity index (χ1v) is 10.7. The van der Waals surface area contributed by atoms with Crippen LogP contribution in [-0.2, 0) is 0 Å². The van der Waals surface area contributed by atoms with Crippen molar-refractivity contribution in [2.24, 2.45) is 5.92 Å². The summed E-state index contributed by atoms with van der Waals surface area (Å²) in [5.74, 6) is 1.37. The number of ether oxygens (including phenoxy) is 1. The van der Waals surface area contributed by atoms with Gasteiger partial charge in [0, 0.05) is 28.8 Å². The average Bonchev–Trinajstić information content (AvgIpc) is 3.53. The van der Waals surface area contributed by atoms with Crippen molar-refractivity contribution < 1.29 is 13.4 Å². The first-order chi connectivity index (χ1) is 15.6. The summed E-state index contributed by atoms with van der Waals surface area (Å²) in [5, 5.41) is 7.69. The molecule has 1 atom stereocenters. The summed E-state index contributed by atoms with van der Waals surface area (Å²) in [5.41, 5.74) is 8.94. The number of halogens is 1. The SMILES string of the molecule is C[C@H](Nc1cc(-c2c(N)nn3cccnc23)nc(OCCC2CC2)n1)c1ccc(F)cc1.[HH].[HH].[HH]. The van der Waals surface area contributed by atoms with Gasteiger partial charge in [-0.1, -0.05) is 25.0 Å². The fourth-order valence-corrected chi connectivity index (χ4v) is 3.62. The van der Waals surface area contributed by atoms with Crippen molar-refractivity contribution in [1.29, 1.82) is 0 Å². The predicted octanol–water partition coefficient (Wildman–Crippen LogP) is 5.00. The Labute approximate surface area is 189 Å². The number of nitrogen functional groups attached to an aromatic ring is 1. The Morgan fingerprint density at radius 1 is 1.28 bits per heavy atom. The van der Waals surface area contributed by atoms with E-state index >= 15 is 0 Å².